The number of hydrogen-bond donors (Lipinski definition) is 1. The van der Waals surface area contributed by atoms with E-state index in [0.29, 0.717) is 5.56 Å². The van der Waals surface area contributed by atoms with Gasteiger partial charge in [0, 0.05) is 0 Å². The van der Waals surface area contributed by atoms with E-state index in [0.717, 1.165) is 49.1 Å². The van der Waals surface area contributed by atoms with Crippen LogP contribution in [-0.4, -0.2) is 13.0 Å². The number of methoxy groups -OCH3 is 1. The van der Waals surface area contributed by atoms with Crippen LogP contribution < -0.4 is 10.1 Å². The first kappa shape index (κ1) is 19.3. The molecule has 2 aromatic rings. The van der Waals surface area contributed by atoms with E-state index in [2.05, 4.69) is 5.32 Å². The van der Waals surface area contributed by atoms with Crippen LogP contribution in [0.1, 0.15) is 42.4 Å². The van der Waals surface area contributed by atoms with Crippen LogP contribution in [0.4, 0.5) is 13.2 Å². The highest BCUT2D eigenvalue weighted by Crippen LogP contribution is 2.39. The summed E-state index contributed by atoms with van der Waals surface area (Å²) in [5.74, 6) is 0.565. The lowest BCUT2D eigenvalue weighted by molar-refractivity contribution is -0.137. The Morgan fingerprint density at radius 3 is 2.15 bits per heavy atom. The number of hydrogen-bond acceptors (Lipinski definition) is 2. The summed E-state index contributed by atoms with van der Waals surface area (Å²) in [6, 6.07) is 12.4. The Kier molecular flexibility index (Phi) is 5.44. The Morgan fingerprint density at radius 1 is 1.04 bits per heavy atom. The van der Waals surface area contributed by atoms with Crippen molar-refractivity contribution in [2.24, 2.45) is 0 Å². The van der Waals surface area contributed by atoms with Gasteiger partial charge in [0.05, 0.1) is 24.6 Å². The van der Waals surface area contributed by atoms with Crippen molar-refractivity contribution in [1.82, 2.24) is 5.32 Å². The molecule has 0 radical (unpaired) electrons. The van der Waals surface area contributed by atoms with Gasteiger partial charge in [0.1, 0.15) is 5.75 Å². The van der Waals surface area contributed by atoms with Crippen molar-refractivity contribution in [3.05, 3.63) is 65.2 Å². The van der Waals surface area contributed by atoms with Gasteiger partial charge in [-0.3, -0.25) is 4.79 Å². The van der Waals surface area contributed by atoms with Crippen LogP contribution in [0.5, 0.6) is 5.75 Å². The van der Waals surface area contributed by atoms with Gasteiger partial charge in [0.2, 0.25) is 5.91 Å². The van der Waals surface area contributed by atoms with E-state index in [9.17, 15) is 18.0 Å². The van der Waals surface area contributed by atoms with Crippen LogP contribution >= 0.6 is 0 Å². The third-order valence-corrected chi connectivity index (χ3v) is 5.12. The maximum absolute atomic E-state index is 12.7. The first-order chi connectivity index (χ1) is 12.8. The summed E-state index contributed by atoms with van der Waals surface area (Å²) in [6.07, 6.45) is -0.589. The maximum Gasteiger partial charge on any atom is 0.416 e. The zero-order valence-electron chi connectivity index (χ0n) is 15.1. The highest BCUT2D eigenvalue weighted by molar-refractivity contribution is 5.79. The number of carbonyl (C=O) groups excluding carboxylic acids is 1. The molecule has 1 aliphatic rings. The van der Waals surface area contributed by atoms with Crippen LogP contribution in [0.25, 0.3) is 0 Å². The van der Waals surface area contributed by atoms with E-state index in [1.165, 1.54) is 12.1 Å². The monoisotopic (exact) mass is 377 g/mol. The average molecular weight is 377 g/mol. The van der Waals surface area contributed by atoms with E-state index in [-0.39, 0.29) is 12.3 Å². The smallest absolute Gasteiger partial charge is 0.416 e. The average Bonchev–Trinajstić information content (AvgIpc) is 3.11. The number of benzene rings is 2. The molecule has 6 heteroatoms. The van der Waals surface area contributed by atoms with Crippen molar-refractivity contribution in [2.45, 2.75) is 43.8 Å². The lowest BCUT2D eigenvalue weighted by Crippen LogP contribution is -2.44. The Hall–Kier alpha value is -2.50. The maximum atomic E-state index is 12.7. The molecular weight excluding hydrogens is 355 g/mol. The number of nitrogens with one attached hydrogen (secondary N) is 1. The second kappa shape index (κ2) is 7.62. The molecule has 1 amide bonds. The van der Waals surface area contributed by atoms with Gasteiger partial charge in [0.15, 0.2) is 0 Å². The molecule has 0 atom stereocenters. The normalized spacial score (nSPS) is 16.1. The molecule has 1 fully saturated rings. The first-order valence-corrected chi connectivity index (χ1v) is 8.94. The number of rotatable bonds is 5. The third kappa shape index (κ3) is 4.43. The van der Waals surface area contributed by atoms with E-state index in [1.54, 1.807) is 7.11 Å². The van der Waals surface area contributed by atoms with Crippen molar-refractivity contribution < 1.29 is 22.7 Å². The standard InChI is InChI=1S/C21H22F3NO2/c1-27-18-10-8-16(9-11-18)20(12-2-3-13-20)25-19(26)14-15-4-6-17(7-5-15)21(22,23)24/h4-11H,2-3,12-14H2,1H3,(H,25,26). The largest absolute Gasteiger partial charge is 0.497 e. The summed E-state index contributed by atoms with van der Waals surface area (Å²) in [5, 5.41) is 3.14. The van der Waals surface area contributed by atoms with E-state index >= 15 is 0 Å². The van der Waals surface area contributed by atoms with Crippen LogP contribution in [0, 0.1) is 0 Å². The van der Waals surface area contributed by atoms with Crippen molar-refractivity contribution in [2.75, 3.05) is 7.11 Å². The van der Waals surface area contributed by atoms with Crippen LogP contribution in [0.3, 0.4) is 0 Å². The molecule has 27 heavy (non-hydrogen) atoms. The van der Waals surface area contributed by atoms with Gasteiger partial charge in [-0.25, -0.2) is 0 Å². The highest BCUT2D eigenvalue weighted by Gasteiger charge is 2.37. The zero-order valence-corrected chi connectivity index (χ0v) is 15.1. The molecule has 0 aromatic heterocycles. The van der Waals surface area contributed by atoms with Crippen LogP contribution in [-0.2, 0) is 22.9 Å². The molecule has 144 valence electrons. The molecule has 0 saturated heterocycles. The summed E-state index contributed by atoms with van der Waals surface area (Å²) in [6.45, 7) is 0. The second-order valence-corrected chi connectivity index (χ2v) is 6.94. The fraction of sp³-hybridized carbons (Fsp3) is 0.381. The minimum Gasteiger partial charge on any atom is -0.497 e. The lowest BCUT2D eigenvalue weighted by atomic mass is 9.87. The summed E-state index contributed by atoms with van der Waals surface area (Å²) in [5.41, 5.74) is 0.456. The summed E-state index contributed by atoms with van der Waals surface area (Å²) >= 11 is 0. The predicted octanol–water partition coefficient (Wildman–Crippen LogP) is 4.84. The van der Waals surface area contributed by atoms with Gasteiger partial charge in [-0.15, -0.1) is 0 Å². The number of ether oxygens (including phenoxy) is 1. The third-order valence-electron chi connectivity index (χ3n) is 5.12. The molecule has 0 spiro atoms. The van der Waals surface area contributed by atoms with E-state index in [4.69, 9.17) is 4.74 Å². The molecule has 3 rings (SSSR count). The molecule has 2 aromatic carbocycles. The molecule has 0 bridgehead atoms. The Morgan fingerprint density at radius 2 is 1.63 bits per heavy atom. The molecule has 0 heterocycles. The van der Waals surface area contributed by atoms with Crippen LogP contribution in [0.15, 0.2) is 48.5 Å². The van der Waals surface area contributed by atoms with Crippen molar-refractivity contribution in [3.8, 4) is 5.75 Å². The van der Waals surface area contributed by atoms with Gasteiger partial charge in [-0.2, -0.15) is 13.2 Å². The first-order valence-electron chi connectivity index (χ1n) is 8.94. The molecule has 0 aliphatic heterocycles. The summed E-state index contributed by atoms with van der Waals surface area (Å²) < 4.78 is 43.2. The molecule has 1 saturated carbocycles. The molecular formula is C21H22F3NO2. The predicted molar refractivity (Wildman–Crippen MR) is 96.4 cm³/mol. The molecule has 0 unspecified atom stereocenters. The second-order valence-electron chi connectivity index (χ2n) is 6.94. The fourth-order valence-electron chi connectivity index (χ4n) is 3.68. The van der Waals surface area contributed by atoms with Gasteiger partial charge in [0.25, 0.3) is 0 Å². The van der Waals surface area contributed by atoms with Gasteiger partial charge < -0.3 is 10.1 Å². The van der Waals surface area contributed by atoms with Crippen molar-refractivity contribution >= 4 is 5.91 Å². The zero-order chi connectivity index (χ0) is 19.5. The molecule has 1 aliphatic carbocycles. The Bertz CT molecular complexity index is 777. The van der Waals surface area contributed by atoms with Crippen molar-refractivity contribution in [3.63, 3.8) is 0 Å². The Balaban J connectivity index is 1.72. The van der Waals surface area contributed by atoms with Crippen molar-refractivity contribution in [1.29, 1.82) is 0 Å². The number of alkyl halides is 3. The number of carbonyl (C=O) groups is 1. The number of amides is 1. The SMILES string of the molecule is COc1ccc(C2(NC(=O)Cc3ccc(C(F)(F)F)cc3)CCCC2)cc1. The quantitative estimate of drug-likeness (QED) is 0.810. The van der Waals surface area contributed by atoms with Gasteiger partial charge in [-0.1, -0.05) is 37.1 Å². The molecule has 1 N–H and O–H groups in total. The highest BCUT2D eigenvalue weighted by atomic mass is 19.4. The minimum atomic E-state index is -4.37. The fourth-order valence-corrected chi connectivity index (χ4v) is 3.68. The van der Waals surface area contributed by atoms with Crippen LogP contribution in [0.2, 0.25) is 0 Å². The van der Waals surface area contributed by atoms with Gasteiger partial charge in [-0.05, 0) is 48.2 Å². The summed E-state index contributed by atoms with van der Waals surface area (Å²) in [4.78, 5) is 12.6. The minimum absolute atomic E-state index is 0.0516. The molecule has 3 nitrogen and oxygen atoms in total. The van der Waals surface area contributed by atoms with E-state index < -0.39 is 17.3 Å². The lowest BCUT2D eigenvalue weighted by Gasteiger charge is -2.31. The van der Waals surface area contributed by atoms with Gasteiger partial charge >= 0.3 is 6.18 Å². The van der Waals surface area contributed by atoms with E-state index in [1.807, 2.05) is 24.3 Å². The summed E-state index contributed by atoms with van der Waals surface area (Å²) in [7, 11) is 1.60. The topological polar surface area (TPSA) is 38.3 Å². The Labute approximate surface area is 156 Å². The number of halogens is 3.